The molecule has 0 spiro atoms. The topological polar surface area (TPSA) is 39.4 Å². The lowest BCUT2D eigenvalue weighted by Gasteiger charge is -2.07. The highest BCUT2D eigenvalue weighted by molar-refractivity contribution is 9.10. The molecule has 0 aliphatic carbocycles. The molecule has 0 aliphatic rings. The summed E-state index contributed by atoms with van der Waals surface area (Å²) in [5, 5.41) is 0.208. The fourth-order valence-corrected chi connectivity index (χ4v) is 2.16. The van der Waals surface area contributed by atoms with E-state index >= 15 is 0 Å². The molecule has 0 unspecified atom stereocenters. The van der Waals surface area contributed by atoms with E-state index in [2.05, 4.69) is 15.9 Å². The van der Waals surface area contributed by atoms with Crippen LogP contribution in [0.25, 0.3) is 0 Å². The minimum atomic E-state index is -0.140. The van der Waals surface area contributed by atoms with Crippen molar-refractivity contribution in [3.05, 3.63) is 51.3 Å². The van der Waals surface area contributed by atoms with Crippen molar-refractivity contribution in [3.8, 4) is 5.75 Å². The standard InChI is InChI=1S/C13H10BrClO3/c1-17-11-3-2-9(14)6-8(11)7-10(16)12-4-5-13(15)18-12/h2-6H,7H2,1H3. The maximum Gasteiger partial charge on any atom is 0.202 e. The Hall–Kier alpha value is -1.26. The maximum atomic E-state index is 12.0. The summed E-state index contributed by atoms with van der Waals surface area (Å²) < 4.78 is 11.2. The maximum absolute atomic E-state index is 12.0. The number of hydrogen-bond donors (Lipinski definition) is 0. The largest absolute Gasteiger partial charge is 0.496 e. The summed E-state index contributed by atoms with van der Waals surface area (Å²) in [6.07, 6.45) is 0.201. The zero-order valence-corrected chi connectivity index (χ0v) is 11.9. The summed E-state index contributed by atoms with van der Waals surface area (Å²) in [6, 6.07) is 8.63. The van der Waals surface area contributed by atoms with Gasteiger partial charge in [-0.15, -0.1) is 0 Å². The van der Waals surface area contributed by atoms with Gasteiger partial charge in [0, 0.05) is 16.5 Å². The first-order valence-electron chi connectivity index (χ1n) is 5.21. The average molecular weight is 330 g/mol. The predicted molar refractivity (Wildman–Crippen MR) is 72.4 cm³/mol. The minimum Gasteiger partial charge on any atom is -0.496 e. The zero-order valence-electron chi connectivity index (χ0n) is 9.57. The Balaban J connectivity index is 2.23. The molecule has 3 nitrogen and oxygen atoms in total. The van der Waals surface area contributed by atoms with Gasteiger partial charge in [-0.3, -0.25) is 4.79 Å². The number of benzene rings is 1. The van der Waals surface area contributed by atoms with Gasteiger partial charge in [-0.25, -0.2) is 0 Å². The van der Waals surface area contributed by atoms with Gasteiger partial charge in [-0.05, 0) is 41.9 Å². The summed E-state index contributed by atoms with van der Waals surface area (Å²) in [7, 11) is 1.57. The SMILES string of the molecule is COc1ccc(Br)cc1CC(=O)c1ccc(Cl)o1. The van der Waals surface area contributed by atoms with Crippen molar-refractivity contribution < 1.29 is 13.9 Å². The van der Waals surface area contributed by atoms with Crippen molar-refractivity contribution in [2.24, 2.45) is 0 Å². The number of carbonyl (C=O) groups excluding carboxylic acids is 1. The van der Waals surface area contributed by atoms with E-state index < -0.39 is 0 Å². The van der Waals surface area contributed by atoms with Crippen molar-refractivity contribution in [2.45, 2.75) is 6.42 Å². The van der Waals surface area contributed by atoms with Crippen molar-refractivity contribution >= 4 is 33.3 Å². The van der Waals surface area contributed by atoms with Gasteiger partial charge in [0.2, 0.25) is 5.78 Å². The molecule has 0 saturated carbocycles. The number of furan rings is 1. The van der Waals surface area contributed by atoms with Gasteiger partial charge in [0.1, 0.15) is 5.75 Å². The lowest BCUT2D eigenvalue weighted by molar-refractivity contribution is 0.0965. The first kappa shape index (κ1) is 13.2. The van der Waals surface area contributed by atoms with Crippen LogP contribution < -0.4 is 4.74 Å². The van der Waals surface area contributed by atoms with Crippen LogP contribution in [0.1, 0.15) is 16.1 Å². The number of ether oxygens (including phenoxy) is 1. The van der Waals surface area contributed by atoms with Crippen LogP contribution in [0.2, 0.25) is 5.22 Å². The van der Waals surface area contributed by atoms with E-state index in [1.807, 2.05) is 18.2 Å². The van der Waals surface area contributed by atoms with Gasteiger partial charge in [-0.1, -0.05) is 15.9 Å². The number of hydrogen-bond acceptors (Lipinski definition) is 3. The van der Waals surface area contributed by atoms with Gasteiger partial charge in [0.05, 0.1) is 7.11 Å². The fourth-order valence-electron chi connectivity index (χ4n) is 1.61. The van der Waals surface area contributed by atoms with Crippen molar-refractivity contribution in [3.63, 3.8) is 0 Å². The monoisotopic (exact) mass is 328 g/mol. The van der Waals surface area contributed by atoms with Gasteiger partial charge < -0.3 is 9.15 Å². The molecule has 18 heavy (non-hydrogen) atoms. The molecule has 1 heterocycles. The summed E-state index contributed by atoms with van der Waals surface area (Å²) in [5.74, 6) is 0.782. The van der Waals surface area contributed by atoms with E-state index in [0.29, 0.717) is 5.75 Å². The number of methoxy groups -OCH3 is 1. The molecule has 0 amide bonds. The van der Waals surface area contributed by atoms with E-state index in [9.17, 15) is 4.79 Å². The van der Waals surface area contributed by atoms with Gasteiger partial charge in [0.25, 0.3) is 0 Å². The van der Waals surface area contributed by atoms with E-state index in [1.54, 1.807) is 19.2 Å². The van der Waals surface area contributed by atoms with Crippen molar-refractivity contribution in [1.29, 1.82) is 0 Å². The molecular formula is C13H10BrClO3. The molecule has 1 aromatic carbocycles. The Bertz CT molecular complexity index is 577. The van der Waals surface area contributed by atoms with Crippen LogP contribution in [0.3, 0.4) is 0 Å². The minimum absolute atomic E-state index is 0.140. The lowest BCUT2D eigenvalue weighted by Crippen LogP contribution is -2.03. The summed E-state index contributed by atoms with van der Waals surface area (Å²) in [4.78, 5) is 12.0. The number of carbonyl (C=O) groups is 1. The smallest absolute Gasteiger partial charge is 0.202 e. The Morgan fingerprint density at radius 1 is 1.39 bits per heavy atom. The molecule has 94 valence electrons. The highest BCUT2D eigenvalue weighted by Gasteiger charge is 2.14. The number of halogens is 2. The Morgan fingerprint density at radius 2 is 2.17 bits per heavy atom. The molecule has 0 radical (unpaired) electrons. The summed E-state index contributed by atoms with van der Waals surface area (Å²) in [5.41, 5.74) is 0.796. The Labute approximate surface area is 118 Å². The van der Waals surface area contributed by atoms with Crippen LogP contribution in [-0.4, -0.2) is 12.9 Å². The van der Waals surface area contributed by atoms with E-state index in [0.717, 1.165) is 10.0 Å². The van der Waals surface area contributed by atoms with Crippen molar-refractivity contribution in [1.82, 2.24) is 0 Å². The van der Waals surface area contributed by atoms with Crippen LogP contribution in [0.4, 0.5) is 0 Å². The fraction of sp³-hybridized carbons (Fsp3) is 0.154. The lowest BCUT2D eigenvalue weighted by atomic mass is 10.1. The third kappa shape index (κ3) is 2.94. The normalized spacial score (nSPS) is 10.4. The third-order valence-corrected chi connectivity index (χ3v) is 3.14. The molecule has 1 aromatic heterocycles. The van der Waals surface area contributed by atoms with Crippen LogP contribution >= 0.6 is 27.5 Å². The van der Waals surface area contributed by atoms with E-state index in [-0.39, 0.29) is 23.2 Å². The molecule has 0 saturated heterocycles. The second kappa shape index (κ2) is 5.59. The number of ketones is 1. The van der Waals surface area contributed by atoms with E-state index in [4.69, 9.17) is 20.8 Å². The predicted octanol–water partition coefficient (Wildman–Crippen LogP) is 4.13. The molecule has 2 aromatic rings. The third-order valence-electron chi connectivity index (χ3n) is 2.44. The first-order valence-corrected chi connectivity index (χ1v) is 6.38. The quantitative estimate of drug-likeness (QED) is 0.792. The van der Waals surface area contributed by atoms with Crippen LogP contribution in [-0.2, 0) is 6.42 Å². The van der Waals surface area contributed by atoms with Crippen LogP contribution in [0.15, 0.2) is 39.2 Å². The highest BCUT2D eigenvalue weighted by Crippen LogP contribution is 2.25. The van der Waals surface area contributed by atoms with Crippen molar-refractivity contribution in [2.75, 3.05) is 7.11 Å². The average Bonchev–Trinajstić information content (AvgIpc) is 2.76. The van der Waals surface area contributed by atoms with Crippen LogP contribution in [0.5, 0.6) is 5.75 Å². The molecule has 0 atom stereocenters. The molecule has 0 aliphatic heterocycles. The van der Waals surface area contributed by atoms with Gasteiger partial charge >= 0.3 is 0 Å². The Morgan fingerprint density at radius 3 is 2.78 bits per heavy atom. The molecule has 0 N–H and O–H groups in total. The van der Waals surface area contributed by atoms with E-state index in [1.165, 1.54) is 0 Å². The Kier molecular flexibility index (Phi) is 4.09. The highest BCUT2D eigenvalue weighted by atomic mass is 79.9. The van der Waals surface area contributed by atoms with Gasteiger partial charge in [-0.2, -0.15) is 0 Å². The summed E-state index contributed by atoms with van der Waals surface area (Å²) in [6.45, 7) is 0. The molecule has 0 bridgehead atoms. The summed E-state index contributed by atoms with van der Waals surface area (Å²) >= 11 is 9.00. The molecule has 0 fully saturated rings. The first-order chi connectivity index (χ1) is 8.60. The van der Waals surface area contributed by atoms with Crippen LogP contribution in [0, 0.1) is 0 Å². The second-order valence-corrected chi connectivity index (χ2v) is 4.95. The molecule has 5 heteroatoms. The van der Waals surface area contributed by atoms with Gasteiger partial charge in [0.15, 0.2) is 11.0 Å². The zero-order chi connectivity index (χ0) is 13.1. The number of rotatable bonds is 4. The molecule has 2 rings (SSSR count). The second-order valence-electron chi connectivity index (χ2n) is 3.66. The number of Topliss-reactive ketones (excluding diaryl/α,β-unsaturated/α-hetero) is 1. The molecular weight excluding hydrogens is 319 g/mol.